The number of ether oxygens (including phenoxy) is 1. The highest BCUT2D eigenvalue weighted by molar-refractivity contribution is 5.77. The van der Waals surface area contributed by atoms with E-state index in [4.69, 9.17) is 4.74 Å². The van der Waals surface area contributed by atoms with Gasteiger partial charge >= 0.3 is 6.03 Å². The van der Waals surface area contributed by atoms with Crippen LogP contribution in [0.3, 0.4) is 0 Å². The van der Waals surface area contributed by atoms with Gasteiger partial charge in [-0.1, -0.05) is 6.07 Å². The van der Waals surface area contributed by atoms with Crippen LogP contribution in [0.1, 0.15) is 19.3 Å². The molecule has 1 aromatic rings. The first-order valence-corrected chi connectivity index (χ1v) is 10.4. The number of anilines is 1. The van der Waals surface area contributed by atoms with E-state index in [1.165, 1.54) is 5.69 Å². The van der Waals surface area contributed by atoms with Crippen molar-refractivity contribution >= 4 is 17.6 Å². The highest BCUT2D eigenvalue weighted by Gasteiger charge is 2.25. The first kappa shape index (κ1) is 21.2. The Kier molecular flexibility index (Phi) is 7.57. The van der Waals surface area contributed by atoms with Gasteiger partial charge in [-0.05, 0) is 37.3 Å². The lowest BCUT2D eigenvalue weighted by Gasteiger charge is -2.31. The Bertz CT molecular complexity index is 691. The van der Waals surface area contributed by atoms with Crippen LogP contribution in [0.15, 0.2) is 24.3 Å². The number of amides is 3. The summed E-state index contributed by atoms with van der Waals surface area (Å²) in [6, 6.07) is 8.20. The fourth-order valence-corrected chi connectivity index (χ4v) is 4.03. The normalized spacial score (nSPS) is 20.3. The van der Waals surface area contributed by atoms with Gasteiger partial charge in [0.2, 0.25) is 5.91 Å². The third kappa shape index (κ3) is 6.25. The number of urea groups is 1. The molecule has 2 aliphatic heterocycles. The maximum atomic E-state index is 12.3. The number of likely N-dealkylation sites (tertiary alicyclic amines) is 1. The lowest BCUT2D eigenvalue weighted by atomic mass is 10.1. The van der Waals surface area contributed by atoms with Crippen LogP contribution in [0.2, 0.25) is 0 Å². The molecule has 0 saturated carbocycles. The molecule has 160 valence electrons. The molecule has 29 heavy (non-hydrogen) atoms. The van der Waals surface area contributed by atoms with Crippen molar-refractivity contribution in [1.29, 1.82) is 0 Å². The Morgan fingerprint density at radius 3 is 2.69 bits per heavy atom. The van der Waals surface area contributed by atoms with Crippen LogP contribution in [-0.2, 0) is 4.79 Å². The van der Waals surface area contributed by atoms with Crippen molar-refractivity contribution in [1.82, 2.24) is 20.9 Å². The molecule has 3 amide bonds. The van der Waals surface area contributed by atoms with Gasteiger partial charge in [-0.3, -0.25) is 9.69 Å². The molecule has 1 aromatic carbocycles. The Morgan fingerprint density at radius 1 is 1.17 bits per heavy atom. The van der Waals surface area contributed by atoms with Gasteiger partial charge in [-0.2, -0.15) is 0 Å². The van der Waals surface area contributed by atoms with Crippen molar-refractivity contribution in [3.8, 4) is 5.75 Å². The highest BCUT2D eigenvalue weighted by atomic mass is 16.5. The van der Waals surface area contributed by atoms with E-state index in [1.54, 1.807) is 14.2 Å². The molecular weight excluding hydrogens is 370 g/mol. The van der Waals surface area contributed by atoms with E-state index in [-0.39, 0.29) is 18.0 Å². The third-order valence-electron chi connectivity index (χ3n) is 5.82. The van der Waals surface area contributed by atoms with Crippen LogP contribution < -0.4 is 25.6 Å². The van der Waals surface area contributed by atoms with E-state index >= 15 is 0 Å². The zero-order valence-corrected chi connectivity index (χ0v) is 17.4. The fourth-order valence-electron chi connectivity index (χ4n) is 4.03. The molecule has 0 spiro atoms. The lowest BCUT2D eigenvalue weighted by Crippen LogP contribution is -2.50. The number of benzene rings is 1. The summed E-state index contributed by atoms with van der Waals surface area (Å²) in [5, 5.41) is 8.77. The van der Waals surface area contributed by atoms with Gasteiger partial charge in [0.15, 0.2) is 0 Å². The number of hydrogen-bond acceptors (Lipinski definition) is 5. The van der Waals surface area contributed by atoms with Crippen LogP contribution in [0, 0.1) is 5.92 Å². The van der Waals surface area contributed by atoms with Crippen molar-refractivity contribution < 1.29 is 14.3 Å². The minimum Gasteiger partial charge on any atom is -0.497 e. The van der Waals surface area contributed by atoms with Gasteiger partial charge < -0.3 is 25.6 Å². The molecule has 0 aliphatic carbocycles. The summed E-state index contributed by atoms with van der Waals surface area (Å²) in [4.78, 5) is 28.2. The quantitative estimate of drug-likeness (QED) is 0.633. The maximum absolute atomic E-state index is 12.3. The summed E-state index contributed by atoms with van der Waals surface area (Å²) in [5.74, 6) is 1.35. The Morgan fingerprint density at radius 2 is 1.97 bits per heavy atom. The van der Waals surface area contributed by atoms with Gasteiger partial charge in [0, 0.05) is 57.6 Å². The Hall–Kier alpha value is -2.48. The average Bonchev–Trinajstić information content (AvgIpc) is 3.23. The standard InChI is InChI=1S/C21H33N5O3/c1-22-20(27)15-25-9-7-17(8-10-25)24-21(28)23-13-16-6-11-26(14-16)18-4-3-5-19(12-18)29-2/h3-5,12,16-17H,6-11,13-15H2,1-2H3,(H,22,27)(H2,23,24,28). The lowest BCUT2D eigenvalue weighted by molar-refractivity contribution is -0.122. The minimum atomic E-state index is -0.0884. The number of nitrogens with one attached hydrogen (secondary N) is 3. The van der Waals surface area contributed by atoms with E-state index in [1.807, 2.05) is 12.1 Å². The second kappa shape index (κ2) is 10.3. The first-order chi connectivity index (χ1) is 14.1. The minimum absolute atomic E-state index is 0.0358. The number of carbonyl (C=O) groups is 2. The monoisotopic (exact) mass is 403 g/mol. The second-order valence-electron chi connectivity index (χ2n) is 7.88. The van der Waals surface area contributed by atoms with E-state index in [9.17, 15) is 9.59 Å². The molecular formula is C21H33N5O3. The van der Waals surface area contributed by atoms with Crippen molar-refractivity contribution in [3.05, 3.63) is 24.3 Å². The molecule has 8 nitrogen and oxygen atoms in total. The zero-order valence-electron chi connectivity index (χ0n) is 17.4. The summed E-state index contributed by atoms with van der Waals surface area (Å²) in [6.45, 7) is 4.70. The zero-order chi connectivity index (χ0) is 20.6. The van der Waals surface area contributed by atoms with Crippen molar-refractivity contribution in [2.24, 2.45) is 5.92 Å². The van der Waals surface area contributed by atoms with E-state index in [0.717, 1.165) is 51.2 Å². The number of rotatable bonds is 7. The largest absolute Gasteiger partial charge is 0.497 e. The van der Waals surface area contributed by atoms with E-state index in [2.05, 4.69) is 37.9 Å². The topological polar surface area (TPSA) is 85.9 Å². The molecule has 2 aliphatic rings. The second-order valence-corrected chi connectivity index (χ2v) is 7.88. The third-order valence-corrected chi connectivity index (χ3v) is 5.82. The molecule has 0 bridgehead atoms. The smallest absolute Gasteiger partial charge is 0.315 e. The van der Waals surface area contributed by atoms with Crippen LogP contribution >= 0.6 is 0 Å². The average molecular weight is 404 g/mol. The molecule has 3 N–H and O–H groups in total. The number of piperidine rings is 1. The Labute approximate surface area is 172 Å². The van der Waals surface area contributed by atoms with Gasteiger partial charge in [0.1, 0.15) is 5.75 Å². The molecule has 2 heterocycles. The molecule has 0 aromatic heterocycles. The van der Waals surface area contributed by atoms with Crippen molar-refractivity contribution in [3.63, 3.8) is 0 Å². The predicted molar refractivity (Wildman–Crippen MR) is 113 cm³/mol. The van der Waals surface area contributed by atoms with Crippen LogP contribution in [0.4, 0.5) is 10.5 Å². The predicted octanol–water partition coefficient (Wildman–Crippen LogP) is 1.03. The van der Waals surface area contributed by atoms with Crippen molar-refractivity contribution in [2.75, 3.05) is 58.3 Å². The van der Waals surface area contributed by atoms with Gasteiger partial charge in [-0.25, -0.2) is 4.79 Å². The molecule has 8 heteroatoms. The molecule has 0 radical (unpaired) electrons. The molecule has 2 fully saturated rings. The van der Waals surface area contributed by atoms with Gasteiger partial charge in [0.25, 0.3) is 0 Å². The Balaban J connectivity index is 1.34. The number of carbonyl (C=O) groups excluding carboxylic acids is 2. The number of likely N-dealkylation sites (N-methyl/N-ethyl adjacent to an activating group) is 1. The molecule has 2 saturated heterocycles. The molecule has 1 unspecified atom stereocenters. The SMILES string of the molecule is CNC(=O)CN1CCC(NC(=O)NCC2CCN(c3cccc(OC)c3)C2)CC1. The van der Waals surface area contributed by atoms with Crippen LogP contribution in [0.25, 0.3) is 0 Å². The fraction of sp³-hybridized carbons (Fsp3) is 0.619. The number of methoxy groups -OCH3 is 1. The summed E-state index contributed by atoms with van der Waals surface area (Å²) in [5.41, 5.74) is 1.17. The highest BCUT2D eigenvalue weighted by Crippen LogP contribution is 2.26. The van der Waals surface area contributed by atoms with Gasteiger partial charge in [-0.15, -0.1) is 0 Å². The number of hydrogen-bond donors (Lipinski definition) is 3. The van der Waals surface area contributed by atoms with Gasteiger partial charge in [0.05, 0.1) is 13.7 Å². The van der Waals surface area contributed by atoms with E-state index < -0.39 is 0 Å². The van der Waals surface area contributed by atoms with Crippen molar-refractivity contribution in [2.45, 2.75) is 25.3 Å². The van der Waals surface area contributed by atoms with Crippen LogP contribution in [-0.4, -0.2) is 76.3 Å². The molecule has 3 rings (SSSR count). The first-order valence-electron chi connectivity index (χ1n) is 10.4. The summed E-state index contributed by atoms with van der Waals surface area (Å²) < 4.78 is 5.31. The number of nitrogens with zero attached hydrogens (tertiary/aromatic N) is 2. The summed E-state index contributed by atoms with van der Waals surface area (Å²) >= 11 is 0. The summed E-state index contributed by atoms with van der Waals surface area (Å²) in [6.07, 6.45) is 2.81. The maximum Gasteiger partial charge on any atom is 0.315 e. The molecule has 1 atom stereocenters. The van der Waals surface area contributed by atoms with E-state index in [0.29, 0.717) is 19.0 Å². The summed E-state index contributed by atoms with van der Waals surface area (Å²) in [7, 11) is 3.33. The van der Waals surface area contributed by atoms with Crippen LogP contribution in [0.5, 0.6) is 5.75 Å².